The zero-order valence-electron chi connectivity index (χ0n) is 34.2. The van der Waals surface area contributed by atoms with Gasteiger partial charge in [0.2, 0.25) is 0 Å². The van der Waals surface area contributed by atoms with Gasteiger partial charge in [-0.15, -0.1) is 0 Å². The molecule has 0 saturated carbocycles. The monoisotopic (exact) mass is 835 g/mol. The van der Waals surface area contributed by atoms with Crippen LogP contribution in [-0.4, -0.2) is 56.8 Å². The SMILES string of the molecule is CCC1=C(C)c2cc3[nH]c(cc4nc(c5c6[nH]c(cc1n2)c(C)c6C(=O)N(C)C5=O)[C@@H](CCC(=O)OC)[C@@H]4C)c(C)c3C(C)OCc1cc(C(F)(F)F)cc(C(F)(F)F)c1. The van der Waals surface area contributed by atoms with Gasteiger partial charge in [-0.05, 0) is 105 Å². The van der Waals surface area contributed by atoms with Gasteiger partial charge in [-0.1, -0.05) is 13.8 Å². The summed E-state index contributed by atoms with van der Waals surface area (Å²) in [6.45, 7) is 10.5. The largest absolute Gasteiger partial charge is 0.469 e. The first kappa shape index (κ1) is 42.4. The Bertz CT molecular complexity index is 2640. The Balaban J connectivity index is 1.49. The van der Waals surface area contributed by atoms with Crippen LogP contribution in [-0.2, 0) is 33.2 Å². The van der Waals surface area contributed by atoms with Gasteiger partial charge in [0.15, 0.2) is 0 Å². The zero-order valence-corrected chi connectivity index (χ0v) is 34.2. The van der Waals surface area contributed by atoms with E-state index in [-0.39, 0.29) is 36.0 Å². The second-order valence-corrected chi connectivity index (χ2v) is 15.5. The number of amides is 2. The molecule has 4 aromatic rings. The third-order valence-corrected chi connectivity index (χ3v) is 11.9. The second-order valence-electron chi connectivity index (χ2n) is 15.5. The molecule has 2 N–H and O–H groups in total. The van der Waals surface area contributed by atoms with Gasteiger partial charge in [0.25, 0.3) is 11.8 Å². The molecule has 1 aromatic carbocycles. The van der Waals surface area contributed by atoms with Crippen molar-refractivity contribution in [2.45, 2.75) is 97.7 Å². The number of alkyl halides is 6. The maximum atomic E-state index is 14.2. The van der Waals surface area contributed by atoms with Crippen molar-refractivity contribution in [1.82, 2.24) is 24.8 Å². The number of fused-ring (bicyclic) bond motifs is 8. The summed E-state index contributed by atoms with van der Waals surface area (Å²) >= 11 is 0. The molecule has 0 saturated heterocycles. The Labute approximate surface area is 341 Å². The fourth-order valence-electron chi connectivity index (χ4n) is 8.52. The number of rotatable bonds is 8. The molecule has 3 aromatic heterocycles. The number of hydrogen-bond acceptors (Lipinski definition) is 7. The summed E-state index contributed by atoms with van der Waals surface area (Å²) < 4.78 is 93.2. The smallest absolute Gasteiger partial charge is 0.416 e. The molecule has 3 atom stereocenters. The van der Waals surface area contributed by atoms with E-state index in [1.165, 1.54) is 14.2 Å². The van der Waals surface area contributed by atoms with Crippen molar-refractivity contribution in [1.29, 1.82) is 0 Å². The van der Waals surface area contributed by atoms with Gasteiger partial charge in [-0.2, -0.15) is 26.3 Å². The minimum absolute atomic E-state index is 0.0313. The Morgan fingerprint density at radius 2 is 1.47 bits per heavy atom. The highest BCUT2D eigenvalue weighted by molar-refractivity contribution is 6.23. The van der Waals surface area contributed by atoms with Crippen LogP contribution in [0.5, 0.6) is 0 Å². The Morgan fingerprint density at radius 3 is 2.08 bits per heavy atom. The first-order valence-electron chi connectivity index (χ1n) is 19.4. The molecule has 0 aliphatic carbocycles. The maximum Gasteiger partial charge on any atom is 0.416 e. The molecule has 60 heavy (non-hydrogen) atoms. The van der Waals surface area contributed by atoms with Crippen LogP contribution in [0.3, 0.4) is 0 Å². The van der Waals surface area contributed by atoms with Gasteiger partial charge < -0.3 is 19.4 Å². The number of esters is 1. The number of halogens is 6. The Hall–Kier alpha value is -5.77. The van der Waals surface area contributed by atoms with Gasteiger partial charge >= 0.3 is 18.3 Å². The van der Waals surface area contributed by atoms with E-state index >= 15 is 0 Å². The van der Waals surface area contributed by atoms with Crippen LogP contribution in [0.4, 0.5) is 26.3 Å². The lowest BCUT2D eigenvalue weighted by Gasteiger charge is -2.24. The van der Waals surface area contributed by atoms with Crippen molar-refractivity contribution < 1.29 is 50.2 Å². The number of imide groups is 1. The second kappa shape index (κ2) is 15.4. The summed E-state index contributed by atoms with van der Waals surface area (Å²) in [6, 6.07) is 6.86. The fraction of sp³-hybridized carbons (Fsp3) is 0.386. The van der Waals surface area contributed by atoms with Crippen LogP contribution in [0.1, 0.15) is 142 Å². The number of H-pyrrole nitrogens is 2. The Morgan fingerprint density at radius 1 is 0.850 bits per heavy atom. The molecule has 3 aliphatic rings. The fourth-order valence-corrected chi connectivity index (χ4v) is 8.52. The Kier molecular flexibility index (Phi) is 10.8. The highest BCUT2D eigenvalue weighted by Crippen LogP contribution is 2.45. The van der Waals surface area contributed by atoms with E-state index in [0.717, 1.165) is 16.0 Å². The zero-order chi connectivity index (χ0) is 43.7. The van der Waals surface area contributed by atoms with Crippen LogP contribution in [0, 0.1) is 13.8 Å². The van der Waals surface area contributed by atoms with Crippen LogP contribution < -0.4 is 0 Å². The number of ether oxygens (including phenoxy) is 2. The minimum Gasteiger partial charge on any atom is -0.469 e. The van der Waals surface area contributed by atoms with E-state index in [2.05, 4.69) is 9.97 Å². The molecule has 1 unspecified atom stereocenters. The van der Waals surface area contributed by atoms with Crippen molar-refractivity contribution >= 4 is 51.0 Å². The van der Waals surface area contributed by atoms with Crippen molar-refractivity contribution in [2.75, 3.05) is 14.2 Å². The summed E-state index contributed by atoms with van der Waals surface area (Å²) in [7, 11) is 2.71. The van der Waals surface area contributed by atoms with Crippen molar-refractivity contribution in [3.8, 4) is 0 Å². The number of methoxy groups -OCH3 is 1. The molecule has 8 bridgehead atoms. The first-order valence-corrected chi connectivity index (χ1v) is 19.4. The molecule has 0 fully saturated rings. The number of nitrogens with zero attached hydrogens (tertiary/aromatic N) is 3. The summed E-state index contributed by atoms with van der Waals surface area (Å²) in [5.74, 6) is -2.28. The number of aromatic nitrogens is 4. The van der Waals surface area contributed by atoms with Crippen molar-refractivity contribution in [3.63, 3.8) is 0 Å². The van der Waals surface area contributed by atoms with E-state index < -0.39 is 59.9 Å². The predicted octanol–water partition coefficient (Wildman–Crippen LogP) is 10.7. The topological polar surface area (TPSA) is 130 Å². The summed E-state index contributed by atoms with van der Waals surface area (Å²) in [5, 5.41) is 0. The number of aryl methyl sites for hydroxylation is 2. The van der Waals surface area contributed by atoms with Crippen LogP contribution in [0.25, 0.3) is 33.2 Å². The summed E-state index contributed by atoms with van der Waals surface area (Å²) in [4.78, 5) is 58.3. The average molecular weight is 836 g/mol. The number of hydrogen-bond donors (Lipinski definition) is 2. The minimum atomic E-state index is -5.01. The molecule has 16 heteroatoms. The molecular weight excluding hydrogens is 793 g/mol. The molecular formula is C44H43F6N5O5. The van der Waals surface area contributed by atoms with Crippen molar-refractivity contribution in [2.24, 2.45) is 0 Å². The van der Waals surface area contributed by atoms with Crippen molar-refractivity contribution in [3.05, 3.63) is 104 Å². The molecule has 316 valence electrons. The van der Waals surface area contributed by atoms with E-state index in [4.69, 9.17) is 19.4 Å². The van der Waals surface area contributed by atoms with E-state index in [1.807, 2.05) is 45.9 Å². The lowest BCUT2D eigenvalue weighted by atomic mass is 9.84. The van der Waals surface area contributed by atoms with Gasteiger partial charge in [0, 0.05) is 53.1 Å². The molecule has 10 nitrogen and oxygen atoms in total. The highest BCUT2D eigenvalue weighted by atomic mass is 19.4. The molecule has 0 spiro atoms. The van der Waals surface area contributed by atoms with Crippen LogP contribution >= 0.6 is 0 Å². The highest BCUT2D eigenvalue weighted by Gasteiger charge is 2.40. The summed E-state index contributed by atoms with van der Waals surface area (Å²) in [6.07, 6.45) is -9.99. The normalized spacial score (nSPS) is 17.5. The molecule has 6 heterocycles. The standard InChI is InChI=1S/C44H43F6N5O5/c1-9-27-19(2)29-17-34-36(23(6)60-18-24-12-25(43(45,46)47)14-26(13-24)44(48,49)50)21(4)31(52-34)15-30-20(3)28(10-11-35(56)59-8)39(53-30)38-40-37(41(57)55(7)42(38)58)22(5)32(54-40)16-33(27)51-29/h12-17,20,23,28,52,54H,9-11,18H2,1-8H3/t20-,23?,28-/m0/s1. The number of nitrogens with one attached hydrogen (secondary N) is 2. The number of aromatic amines is 2. The van der Waals surface area contributed by atoms with E-state index in [1.54, 1.807) is 13.8 Å². The molecule has 2 amide bonds. The van der Waals surface area contributed by atoms with Gasteiger partial charge in [-0.3, -0.25) is 24.3 Å². The third-order valence-electron chi connectivity index (χ3n) is 11.9. The number of allylic oxidation sites excluding steroid dienone is 2. The number of carbonyl (C=O) groups excluding carboxylic acids is 3. The lowest BCUT2D eigenvalue weighted by molar-refractivity contribution is -0.143. The van der Waals surface area contributed by atoms with Crippen LogP contribution in [0.2, 0.25) is 0 Å². The molecule has 3 aliphatic heterocycles. The molecule has 7 rings (SSSR count). The first-order chi connectivity index (χ1) is 28.1. The molecule has 0 radical (unpaired) electrons. The third kappa shape index (κ3) is 7.39. The number of carbonyl (C=O) groups is 3. The van der Waals surface area contributed by atoms with Gasteiger partial charge in [0.1, 0.15) is 0 Å². The average Bonchev–Trinajstić information content (AvgIpc) is 3.87. The maximum absolute atomic E-state index is 14.2. The summed E-state index contributed by atoms with van der Waals surface area (Å²) in [5.41, 5.74) is 5.19. The van der Waals surface area contributed by atoms with Gasteiger partial charge in [-0.25, -0.2) is 4.98 Å². The van der Waals surface area contributed by atoms with Crippen LogP contribution in [0.15, 0.2) is 36.4 Å². The van der Waals surface area contributed by atoms with Gasteiger partial charge in [0.05, 0.1) is 64.7 Å². The quantitative estimate of drug-likeness (QED) is 0.103. The number of benzene rings is 1. The van der Waals surface area contributed by atoms with E-state index in [0.29, 0.717) is 85.6 Å². The van der Waals surface area contributed by atoms with E-state index in [9.17, 15) is 40.7 Å². The lowest BCUT2D eigenvalue weighted by Crippen LogP contribution is -2.37. The predicted molar refractivity (Wildman–Crippen MR) is 212 cm³/mol.